The van der Waals surface area contributed by atoms with Crippen molar-refractivity contribution in [2.75, 3.05) is 40.9 Å². The first-order valence-corrected chi connectivity index (χ1v) is 25.9. The van der Waals surface area contributed by atoms with E-state index in [1.807, 2.05) is 33.3 Å². The highest BCUT2D eigenvalue weighted by Crippen LogP contribution is 2.38. The molecule has 0 saturated heterocycles. The third kappa shape index (κ3) is 44.3. The van der Waals surface area contributed by atoms with Gasteiger partial charge in [-0.1, -0.05) is 217 Å². The van der Waals surface area contributed by atoms with Gasteiger partial charge in [0.15, 0.2) is 0 Å². The van der Waals surface area contributed by atoms with Crippen LogP contribution < -0.4 is 10.2 Å². The summed E-state index contributed by atoms with van der Waals surface area (Å²) in [4.78, 5) is 25.3. The molecule has 8 nitrogen and oxygen atoms in total. The molecule has 3 atom stereocenters. The molecule has 0 fully saturated rings. The van der Waals surface area contributed by atoms with E-state index in [1.54, 1.807) is 0 Å². The van der Waals surface area contributed by atoms with Crippen molar-refractivity contribution >= 4 is 13.7 Å². The number of unbranched alkanes of at least 4 members (excludes halogenated alkanes) is 23. The van der Waals surface area contributed by atoms with Crippen LogP contribution in [0.3, 0.4) is 0 Å². The van der Waals surface area contributed by atoms with Crippen molar-refractivity contribution in [3.05, 3.63) is 48.6 Å². The van der Waals surface area contributed by atoms with E-state index in [1.165, 1.54) is 135 Å². The van der Waals surface area contributed by atoms with Gasteiger partial charge in [-0.05, 0) is 38.5 Å². The molecule has 3 unspecified atom stereocenters. The summed E-state index contributed by atoms with van der Waals surface area (Å²) >= 11 is 0. The van der Waals surface area contributed by atoms with Crippen LogP contribution >= 0.6 is 7.82 Å². The van der Waals surface area contributed by atoms with E-state index >= 15 is 0 Å². The van der Waals surface area contributed by atoms with Gasteiger partial charge in [0.25, 0.3) is 7.82 Å². The number of amides is 1. The highest BCUT2D eigenvalue weighted by Gasteiger charge is 2.24. The summed E-state index contributed by atoms with van der Waals surface area (Å²) in [5, 5.41) is 13.9. The molecule has 0 saturated carbocycles. The number of rotatable bonds is 44. The predicted molar refractivity (Wildman–Crippen MR) is 251 cm³/mol. The zero-order valence-corrected chi connectivity index (χ0v) is 40.1. The molecule has 0 aliphatic carbocycles. The Balaban J connectivity index is 4.26. The Bertz CT molecular complexity index is 1100. The number of nitrogens with zero attached hydrogens (tertiary/aromatic N) is 1. The van der Waals surface area contributed by atoms with E-state index in [4.69, 9.17) is 9.05 Å². The van der Waals surface area contributed by atoms with Crippen molar-refractivity contribution in [1.29, 1.82) is 0 Å². The van der Waals surface area contributed by atoms with Crippen molar-refractivity contribution < 1.29 is 32.9 Å². The number of allylic oxidation sites excluding steroid dienone is 8. The average Bonchev–Trinajstić information content (AvgIpc) is 3.19. The van der Waals surface area contributed by atoms with E-state index in [0.29, 0.717) is 23.9 Å². The number of aliphatic hydroxyl groups is 1. The number of likely N-dealkylation sites (N-methyl/N-ethyl adjacent to an activating group) is 1. The SMILES string of the molecule is CC/C=C\C/C=C\C/C=C\C/C=C\CCC(=O)NC(COP(=O)([O-])OCC[N+](C)(C)C)C(O)CCCCCCCCCCCCCCCCCCCCCCCCCC. The van der Waals surface area contributed by atoms with Gasteiger partial charge < -0.3 is 28.8 Å². The summed E-state index contributed by atoms with van der Waals surface area (Å²) in [7, 11) is 1.26. The Morgan fingerprint density at radius 2 is 1.00 bits per heavy atom. The van der Waals surface area contributed by atoms with Crippen LogP contribution in [0.4, 0.5) is 0 Å². The summed E-state index contributed by atoms with van der Waals surface area (Å²) in [5.41, 5.74) is 0. The Morgan fingerprint density at radius 3 is 1.41 bits per heavy atom. The maximum atomic E-state index is 12.8. The lowest BCUT2D eigenvalue weighted by atomic mass is 10.0. The maximum Gasteiger partial charge on any atom is 0.268 e. The monoisotopic (exact) mass is 851 g/mol. The van der Waals surface area contributed by atoms with Crippen molar-refractivity contribution in [2.45, 2.75) is 225 Å². The third-order valence-electron chi connectivity index (χ3n) is 10.8. The summed E-state index contributed by atoms with van der Waals surface area (Å²) in [5.74, 6) is -0.244. The minimum Gasteiger partial charge on any atom is -0.756 e. The van der Waals surface area contributed by atoms with Crippen LogP contribution in [0.1, 0.15) is 213 Å². The number of nitrogens with one attached hydrogen (secondary N) is 1. The van der Waals surface area contributed by atoms with Crippen molar-refractivity contribution in [3.8, 4) is 0 Å². The second kappa shape index (κ2) is 41.8. The van der Waals surface area contributed by atoms with Crippen LogP contribution in [-0.2, 0) is 18.4 Å². The molecule has 59 heavy (non-hydrogen) atoms. The second-order valence-corrected chi connectivity index (χ2v) is 19.2. The number of carbonyl (C=O) groups is 1. The summed E-state index contributed by atoms with van der Waals surface area (Å²) in [6, 6.07) is -0.839. The summed E-state index contributed by atoms with van der Waals surface area (Å²) in [6.07, 6.45) is 53.0. The highest BCUT2D eigenvalue weighted by atomic mass is 31.2. The van der Waals surface area contributed by atoms with Crippen LogP contribution in [-0.4, -0.2) is 68.5 Å². The molecular weight excluding hydrogens is 756 g/mol. The first-order valence-electron chi connectivity index (χ1n) is 24.5. The lowest BCUT2D eigenvalue weighted by Crippen LogP contribution is -2.46. The minimum absolute atomic E-state index is 0.00172. The molecule has 0 aliphatic heterocycles. The number of phosphoric acid groups is 1. The summed E-state index contributed by atoms with van der Waals surface area (Å²) < 4.78 is 23.3. The fraction of sp³-hybridized carbons (Fsp3) is 0.820. The zero-order valence-electron chi connectivity index (χ0n) is 39.2. The lowest BCUT2D eigenvalue weighted by molar-refractivity contribution is -0.870. The molecule has 0 heterocycles. The van der Waals surface area contributed by atoms with Gasteiger partial charge in [0.05, 0.1) is 39.9 Å². The largest absolute Gasteiger partial charge is 0.756 e. The molecule has 9 heteroatoms. The smallest absolute Gasteiger partial charge is 0.268 e. The van der Waals surface area contributed by atoms with Crippen molar-refractivity contribution in [1.82, 2.24) is 5.32 Å². The first kappa shape index (κ1) is 57.5. The number of aliphatic hydroxyl groups excluding tert-OH is 1. The van der Waals surface area contributed by atoms with E-state index in [-0.39, 0.29) is 25.5 Å². The van der Waals surface area contributed by atoms with Crippen LogP contribution in [0.5, 0.6) is 0 Å². The number of quaternary nitrogens is 1. The zero-order chi connectivity index (χ0) is 43.6. The topological polar surface area (TPSA) is 108 Å². The fourth-order valence-corrected chi connectivity index (χ4v) is 7.72. The standard InChI is InChI=1S/C50H95N2O6P/c1-6-8-10-12-14-16-18-20-21-22-23-24-25-26-27-28-29-30-32-33-35-37-39-41-43-49(53)48(47-58-59(55,56)57-46-45-52(3,4)5)51-50(54)44-42-40-38-36-34-31-19-17-15-13-11-9-7-2/h9,11,15,17,31,34,38,40,48-49,53H,6-8,10,12-14,16,18-30,32-33,35-37,39,41-47H2,1-5H3,(H-,51,54,55,56)/b11-9-,17-15-,34-31-,40-38-. The van der Waals surface area contributed by atoms with Crippen LogP contribution in [0.15, 0.2) is 48.6 Å². The molecule has 0 aliphatic rings. The first-order chi connectivity index (χ1) is 28.5. The Kier molecular flexibility index (Phi) is 40.7. The molecule has 0 rings (SSSR count). The number of carbonyl (C=O) groups excluding carboxylic acids is 1. The minimum atomic E-state index is -4.59. The number of hydrogen-bond acceptors (Lipinski definition) is 6. The highest BCUT2D eigenvalue weighted by molar-refractivity contribution is 7.45. The Labute approximate surface area is 365 Å². The molecule has 0 bridgehead atoms. The van der Waals surface area contributed by atoms with Crippen molar-refractivity contribution in [2.24, 2.45) is 0 Å². The molecule has 346 valence electrons. The molecule has 0 aromatic carbocycles. The van der Waals surface area contributed by atoms with E-state index in [9.17, 15) is 19.4 Å². The molecule has 0 aromatic heterocycles. The third-order valence-corrected chi connectivity index (χ3v) is 11.8. The molecule has 1 amide bonds. The van der Waals surface area contributed by atoms with Gasteiger partial charge in [-0.2, -0.15) is 0 Å². The van der Waals surface area contributed by atoms with Gasteiger partial charge in [0, 0.05) is 6.42 Å². The fourth-order valence-electron chi connectivity index (χ4n) is 6.99. The van der Waals surface area contributed by atoms with Gasteiger partial charge in [-0.25, -0.2) is 0 Å². The average molecular weight is 851 g/mol. The molecule has 0 spiro atoms. The molecular formula is C50H95N2O6P. The normalized spacial score (nSPS) is 14.6. The number of hydrogen-bond donors (Lipinski definition) is 2. The lowest BCUT2D eigenvalue weighted by Gasteiger charge is -2.30. The quantitative estimate of drug-likeness (QED) is 0.0274. The Morgan fingerprint density at radius 1 is 0.610 bits per heavy atom. The van der Waals surface area contributed by atoms with Crippen LogP contribution in [0.25, 0.3) is 0 Å². The summed E-state index contributed by atoms with van der Waals surface area (Å²) in [6.45, 7) is 4.55. The van der Waals surface area contributed by atoms with E-state index in [2.05, 4.69) is 55.6 Å². The number of phosphoric ester groups is 1. The van der Waals surface area contributed by atoms with Gasteiger partial charge >= 0.3 is 0 Å². The van der Waals surface area contributed by atoms with Gasteiger partial charge in [-0.3, -0.25) is 9.36 Å². The van der Waals surface area contributed by atoms with Gasteiger partial charge in [0.2, 0.25) is 5.91 Å². The predicted octanol–water partition coefficient (Wildman–Crippen LogP) is 13.4. The van der Waals surface area contributed by atoms with E-state index in [0.717, 1.165) is 44.9 Å². The molecule has 2 N–H and O–H groups in total. The molecule has 0 aromatic rings. The van der Waals surface area contributed by atoms with Crippen molar-refractivity contribution in [3.63, 3.8) is 0 Å². The molecule has 0 radical (unpaired) electrons. The van der Waals surface area contributed by atoms with Crippen LogP contribution in [0, 0.1) is 0 Å². The van der Waals surface area contributed by atoms with Gasteiger partial charge in [-0.15, -0.1) is 0 Å². The maximum absolute atomic E-state index is 12.8. The van der Waals surface area contributed by atoms with Gasteiger partial charge in [0.1, 0.15) is 13.2 Å². The second-order valence-electron chi connectivity index (χ2n) is 17.8. The van der Waals surface area contributed by atoms with Crippen LogP contribution in [0.2, 0.25) is 0 Å². The van der Waals surface area contributed by atoms with E-state index < -0.39 is 20.0 Å². The Hall–Kier alpha value is -1.54.